The van der Waals surface area contributed by atoms with Crippen molar-refractivity contribution in [3.8, 4) is 11.4 Å². The predicted molar refractivity (Wildman–Crippen MR) is 75.4 cm³/mol. The van der Waals surface area contributed by atoms with E-state index < -0.39 is 0 Å². The summed E-state index contributed by atoms with van der Waals surface area (Å²) in [7, 11) is 0. The Bertz CT molecular complexity index is 592. The number of hydrogen-bond acceptors (Lipinski definition) is 5. The summed E-state index contributed by atoms with van der Waals surface area (Å²) in [4.78, 5) is 14.3. The molecule has 1 aromatic carbocycles. The Hall–Kier alpha value is -2.28. The minimum atomic E-state index is -0.0339. The molecule has 3 rings (SSSR count). The van der Waals surface area contributed by atoms with Crippen LogP contribution in [0.5, 0.6) is 0 Å². The molecule has 110 valence electrons. The second-order valence-electron chi connectivity index (χ2n) is 5.12. The molecule has 1 amide bonds. The number of rotatable bonds is 5. The van der Waals surface area contributed by atoms with Crippen LogP contribution in [0.1, 0.15) is 29.6 Å². The zero-order valence-electron chi connectivity index (χ0n) is 11.6. The molecule has 1 aliphatic carbocycles. The lowest BCUT2D eigenvalue weighted by Gasteiger charge is -2.37. The molecule has 7 heteroatoms. The number of H-pyrrole nitrogens is 1. The number of carbonyl (C=O) groups is 1. The largest absolute Gasteiger partial charge is 0.395 e. The van der Waals surface area contributed by atoms with Gasteiger partial charge in [-0.15, -0.1) is 10.2 Å². The first-order valence-corrected chi connectivity index (χ1v) is 7.05. The van der Waals surface area contributed by atoms with Gasteiger partial charge in [0.1, 0.15) is 0 Å². The van der Waals surface area contributed by atoms with Crippen molar-refractivity contribution in [1.82, 2.24) is 25.5 Å². The average Bonchev–Trinajstić information content (AvgIpc) is 2.98. The van der Waals surface area contributed by atoms with Gasteiger partial charge >= 0.3 is 0 Å². The minimum absolute atomic E-state index is 0.0107. The summed E-state index contributed by atoms with van der Waals surface area (Å²) in [6.45, 7) is 0.374. The van der Waals surface area contributed by atoms with Gasteiger partial charge in [0.25, 0.3) is 5.91 Å². The van der Waals surface area contributed by atoms with Crippen LogP contribution >= 0.6 is 0 Å². The Morgan fingerprint density at radius 1 is 1.33 bits per heavy atom. The van der Waals surface area contributed by atoms with Crippen LogP contribution in [0.15, 0.2) is 24.3 Å². The van der Waals surface area contributed by atoms with E-state index >= 15 is 0 Å². The third kappa shape index (κ3) is 2.78. The number of aliphatic hydroxyl groups is 1. The highest BCUT2D eigenvalue weighted by molar-refractivity contribution is 5.94. The highest BCUT2D eigenvalue weighted by Crippen LogP contribution is 2.26. The number of nitrogens with zero attached hydrogens (tertiary/aromatic N) is 4. The van der Waals surface area contributed by atoms with Crippen LogP contribution in [0, 0.1) is 0 Å². The number of tetrazole rings is 1. The zero-order valence-corrected chi connectivity index (χ0v) is 11.6. The Labute approximate surface area is 122 Å². The first kappa shape index (κ1) is 13.7. The lowest BCUT2D eigenvalue weighted by atomic mass is 9.91. The van der Waals surface area contributed by atoms with Gasteiger partial charge in [-0.3, -0.25) is 4.79 Å². The molecule has 1 aliphatic rings. The number of benzene rings is 1. The summed E-state index contributed by atoms with van der Waals surface area (Å²) >= 11 is 0. The fourth-order valence-corrected chi connectivity index (χ4v) is 2.47. The zero-order chi connectivity index (χ0) is 14.7. The van der Waals surface area contributed by atoms with Crippen molar-refractivity contribution >= 4 is 5.91 Å². The Morgan fingerprint density at radius 3 is 2.62 bits per heavy atom. The molecule has 0 spiro atoms. The molecule has 0 bridgehead atoms. The summed E-state index contributed by atoms with van der Waals surface area (Å²) < 4.78 is 0. The maximum atomic E-state index is 12.5. The van der Waals surface area contributed by atoms with Crippen LogP contribution in [-0.4, -0.2) is 55.7 Å². The van der Waals surface area contributed by atoms with E-state index in [-0.39, 0.29) is 18.6 Å². The highest BCUT2D eigenvalue weighted by Gasteiger charge is 2.28. The van der Waals surface area contributed by atoms with Crippen molar-refractivity contribution in [2.45, 2.75) is 25.3 Å². The normalized spacial score (nSPS) is 14.7. The molecule has 0 unspecified atom stereocenters. The fraction of sp³-hybridized carbons (Fsp3) is 0.429. The van der Waals surface area contributed by atoms with Gasteiger partial charge in [0.05, 0.1) is 6.61 Å². The summed E-state index contributed by atoms with van der Waals surface area (Å²) in [5, 5.41) is 22.9. The Kier molecular flexibility index (Phi) is 3.92. The van der Waals surface area contributed by atoms with Crippen molar-refractivity contribution in [3.05, 3.63) is 29.8 Å². The molecule has 0 aliphatic heterocycles. The molecule has 21 heavy (non-hydrogen) atoms. The van der Waals surface area contributed by atoms with Gasteiger partial charge in [-0.1, -0.05) is 12.1 Å². The SMILES string of the molecule is O=C(c1ccc(-c2nn[nH]n2)cc1)N(CCO)C1CCC1. The van der Waals surface area contributed by atoms with Crippen LogP contribution < -0.4 is 0 Å². The minimum Gasteiger partial charge on any atom is -0.395 e. The van der Waals surface area contributed by atoms with E-state index in [1.54, 1.807) is 29.2 Å². The first-order valence-electron chi connectivity index (χ1n) is 7.05. The number of aromatic nitrogens is 4. The Morgan fingerprint density at radius 2 is 2.10 bits per heavy atom. The fourth-order valence-electron chi connectivity index (χ4n) is 2.47. The molecule has 1 saturated carbocycles. The summed E-state index contributed by atoms with van der Waals surface area (Å²) in [6.07, 6.45) is 3.19. The van der Waals surface area contributed by atoms with E-state index in [0.29, 0.717) is 17.9 Å². The summed E-state index contributed by atoms with van der Waals surface area (Å²) in [5.74, 6) is 0.466. The highest BCUT2D eigenvalue weighted by atomic mass is 16.3. The van der Waals surface area contributed by atoms with Gasteiger partial charge < -0.3 is 10.0 Å². The lowest BCUT2D eigenvalue weighted by Crippen LogP contribution is -2.45. The number of amides is 1. The Balaban J connectivity index is 1.77. The molecular formula is C14H17N5O2. The summed E-state index contributed by atoms with van der Waals surface area (Å²) in [6, 6.07) is 7.39. The van der Waals surface area contributed by atoms with Gasteiger partial charge in [0.2, 0.25) is 5.82 Å². The lowest BCUT2D eigenvalue weighted by molar-refractivity contribution is 0.0526. The smallest absolute Gasteiger partial charge is 0.254 e. The van der Waals surface area contributed by atoms with E-state index in [4.69, 9.17) is 5.11 Å². The maximum Gasteiger partial charge on any atom is 0.254 e. The van der Waals surface area contributed by atoms with Crippen molar-refractivity contribution in [1.29, 1.82) is 0 Å². The van der Waals surface area contributed by atoms with E-state index in [0.717, 1.165) is 24.8 Å². The quantitative estimate of drug-likeness (QED) is 0.850. The van der Waals surface area contributed by atoms with Gasteiger partial charge in [0.15, 0.2) is 0 Å². The third-order valence-electron chi connectivity index (χ3n) is 3.85. The van der Waals surface area contributed by atoms with Gasteiger partial charge in [-0.25, -0.2) is 0 Å². The molecule has 7 nitrogen and oxygen atoms in total. The molecule has 2 N–H and O–H groups in total. The summed E-state index contributed by atoms with van der Waals surface area (Å²) in [5.41, 5.74) is 1.42. The van der Waals surface area contributed by atoms with Crippen LogP contribution in [-0.2, 0) is 0 Å². The topological polar surface area (TPSA) is 95.0 Å². The van der Waals surface area contributed by atoms with Crippen LogP contribution in [0.2, 0.25) is 0 Å². The van der Waals surface area contributed by atoms with E-state index in [9.17, 15) is 4.79 Å². The monoisotopic (exact) mass is 287 g/mol. The van der Waals surface area contributed by atoms with Crippen molar-refractivity contribution < 1.29 is 9.90 Å². The van der Waals surface area contributed by atoms with Crippen molar-refractivity contribution in [2.24, 2.45) is 0 Å². The van der Waals surface area contributed by atoms with E-state index in [1.165, 1.54) is 0 Å². The molecule has 0 atom stereocenters. The van der Waals surface area contributed by atoms with Crippen molar-refractivity contribution in [2.75, 3.05) is 13.2 Å². The third-order valence-corrected chi connectivity index (χ3v) is 3.85. The van der Waals surface area contributed by atoms with Crippen molar-refractivity contribution in [3.63, 3.8) is 0 Å². The molecule has 0 saturated heterocycles. The molecule has 2 aromatic rings. The van der Waals surface area contributed by atoms with E-state index in [2.05, 4.69) is 20.6 Å². The number of hydrogen-bond donors (Lipinski definition) is 2. The van der Waals surface area contributed by atoms with Gasteiger partial charge in [-0.2, -0.15) is 5.21 Å². The number of nitrogens with one attached hydrogen (secondary N) is 1. The standard InChI is InChI=1S/C14H17N5O2/c20-9-8-19(12-2-1-3-12)14(21)11-6-4-10(5-7-11)13-15-17-18-16-13/h4-7,12,20H,1-3,8-9H2,(H,15,16,17,18). The van der Waals surface area contributed by atoms with Gasteiger partial charge in [-0.05, 0) is 36.6 Å². The molecule has 1 heterocycles. The molecular weight excluding hydrogens is 270 g/mol. The van der Waals surface area contributed by atoms with Gasteiger partial charge in [0, 0.05) is 23.7 Å². The van der Waals surface area contributed by atoms with E-state index in [1.807, 2.05) is 0 Å². The molecule has 0 radical (unpaired) electrons. The molecule has 1 fully saturated rings. The second-order valence-corrected chi connectivity index (χ2v) is 5.12. The van der Waals surface area contributed by atoms with Crippen LogP contribution in [0.4, 0.5) is 0 Å². The average molecular weight is 287 g/mol. The number of aliphatic hydroxyl groups excluding tert-OH is 1. The first-order chi connectivity index (χ1) is 10.3. The second kappa shape index (κ2) is 6.01. The molecule has 1 aromatic heterocycles. The van der Waals surface area contributed by atoms with Crippen LogP contribution in [0.25, 0.3) is 11.4 Å². The number of aromatic amines is 1. The predicted octanol–water partition coefficient (Wildman–Crippen LogP) is 0.854. The number of carbonyl (C=O) groups excluding carboxylic acids is 1. The van der Waals surface area contributed by atoms with Crippen LogP contribution in [0.3, 0.4) is 0 Å². The maximum absolute atomic E-state index is 12.5.